The fourth-order valence-electron chi connectivity index (χ4n) is 1.51. The minimum Gasteiger partial charge on any atom is -0.404 e. The van der Waals surface area contributed by atoms with Gasteiger partial charge in [0.1, 0.15) is 0 Å². The molecular weight excluding hydrogens is 194 g/mol. The van der Waals surface area contributed by atoms with E-state index in [2.05, 4.69) is 45.2 Å². The molecule has 0 radical (unpaired) electrons. The Labute approximate surface area is 98.0 Å². The lowest BCUT2D eigenvalue weighted by molar-refractivity contribution is 1.26. The third kappa shape index (κ3) is 2.86. The molecule has 0 saturated carbocycles. The Hall–Kier alpha value is -1.76. The molecule has 0 atom stereocenters. The Bertz CT molecular complexity index is 439. The molecule has 84 valence electrons. The van der Waals surface area contributed by atoms with Crippen molar-refractivity contribution in [3.05, 3.63) is 65.9 Å². The fourth-order valence-corrected chi connectivity index (χ4v) is 1.51. The molecule has 1 aromatic carbocycles. The second-order valence-corrected chi connectivity index (χ2v) is 4.03. The SMILES string of the molecule is C=C/C(=C\N)CC(=C)c1ccc(C)c(C)c1. The van der Waals surface area contributed by atoms with Crippen molar-refractivity contribution in [3.8, 4) is 0 Å². The molecule has 0 heterocycles. The van der Waals surface area contributed by atoms with E-state index in [4.69, 9.17) is 5.73 Å². The van der Waals surface area contributed by atoms with Crippen LogP contribution in [0.1, 0.15) is 23.1 Å². The first-order valence-electron chi connectivity index (χ1n) is 5.37. The molecule has 0 aliphatic rings. The van der Waals surface area contributed by atoms with Crippen molar-refractivity contribution in [2.75, 3.05) is 0 Å². The van der Waals surface area contributed by atoms with Gasteiger partial charge in [0.2, 0.25) is 0 Å². The smallest absolute Gasteiger partial charge is 0.00117 e. The van der Waals surface area contributed by atoms with Gasteiger partial charge in [-0.2, -0.15) is 0 Å². The average Bonchev–Trinajstić information content (AvgIpc) is 2.29. The van der Waals surface area contributed by atoms with Crippen LogP contribution in [0.15, 0.2) is 49.2 Å². The summed E-state index contributed by atoms with van der Waals surface area (Å²) in [5, 5.41) is 0. The topological polar surface area (TPSA) is 26.0 Å². The van der Waals surface area contributed by atoms with E-state index in [9.17, 15) is 0 Å². The summed E-state index contributed by atoms with van der Waals surface area (Å²) in [5.41, 5.74) is 11.3. The highest BCUT2D eigenvalue weighted by molar-refractivity contribution is 5.67. The zero-order valence-electron chi connectivity index (χ0n) is 10.1. The Morgan fingerprint density at radius 1 is 1.31 bits per heavy atom. The Morgan fingerprint density at radius 2 is 2.00 bits per heavy atom. The van der Waals surface area contributed by atoms with E-state index in [0.717, 1.165) is 17.6 Å². The molecule has 0 unspecified atom stereocenters. The Balaban J connectivity index is 2.89. The molecular formula is C15H19N. The minimum absolute atomic E-state index is 0.752. The summed E-state index contributed by atoms with van der Waals surface area (Å²) in [6.07, 6.45) is 4.11. The van der Waals surface area contributed by atoms with E-state index in [-0.39, 0.29) is 0 Å². The highest BCUT2D eigenvalue weighted by Gasteiger charge is 2.02. The standard InChI is InChI=1S/C15H19N/c1-5-14(10-16)8-13(4)15-7-6-11(2)12(3)9-15/h5-7,9-10H,1,4,8,16H2,2-3H3/b14-10+. The van der Waals surface area contributed by atoms with Crippen molar-refractivity contribution in [3.63, 3.8) is 0 Å². The van der Waals surface area contributed by atoms with Crippen LogP contribution in [0.3, 0.4) is 0 Å². The van der Waals surface area contributed by atoms with Gasteiger partial charge in [0.05, 0.1) is 0 Å². The van der Waals surface area contributed by atoms with Gasteiger partial charge in [0, 0.05) is 0 Å². The van der Waals surface area contributed by atoms with Gasteiger partial charge < -0.3 is 5.73 Å². The van der Waals surface area contributed by atoms with Gasteiger partial charge in [-0.05, 0) is 54.3 Å². The van der Waals surface area contributed by atoms with Gasteiger partial charge in [-0.1, -0.05) is 37.4 Å². The summed E-state index contributed by atoms with van der Waals surface area (Å²) >= 11 is 0. The zero-order valence-corrected chi connectivity index (χ0v) is 10.1. The molecule has 0 aliphatic carbocycles. The molecule has 0 amide bonds. The molecule has 1 nitrogen and oxygen atoms in total. The highest BCUT2D eigenvalue weighted by atomic mass is 14.5. The maximum absolute atomic E-state index is 5.49. The lowest BCUT2D eigenvalue weighted by Crippen LogP contribution is -1.91. The molecule has 0 saturated heterocycles. The van der Waals surface area contributed by atoms with Crippen LogP contribution in [0.2, 0.25) is 0 Å². The van der Waals surface area contributed by atoms with E-state index in [1.165, 1.54) is 16.7 Å². The number of hydrogen-bond donors (Lipinski definition) is 1. The Morgan fingerprint density at radius 3 is 2.50 bits per heavy atom. The van der Waals surface area contributed by atoms with E-state index in [0.29, 0.717) is 0 Å². The predicted molar refractivity (Wildman–Crippen MR) is 72.0 cm³/mol. The molecule has 1 rings (SSSR count). The number of aryl methyl sites for hydroxylation is 2. The molecule has 16 heavy (non-hydrogen) atoms. The van der Waals surface area contributed by atoms with Crippen molar-refractivity contribution in [1.82, 2.24) is 0 Å². The summed E-state index contributed by atoms with van der Waals surface area (Å²) in [5.74, 6) is 0. The highest BCUT2D eigenvalue weighted by Crippen LogP contribution is 2.22. The zero-order chi connectivity index (χ0) is 12.1. The monoisotopic (exact) mass is 213 g/mol. The summed E-state index contributed by atoms with van der Waals surface area (Å²) in [6, 6.07) is 6.38. The first-order valence-corrected chi connectivity index (χ1v) is 5.37. The molecule has 2 N–H and O–H groups in total. The van der Waals surface area contributed by atoms with E-state index in [1.54, 1.807) is 12.3 Å². The molecule has 0 fully saturated rings. The van der Waals surface area contributed by atoms with Crippen LogP contribution in [0.25, 0.3) is 5.57 Å². The summed E-state index contributed by atoms with van der Waals surface area (Å²) in [7, 11) is 0. The van der Waals surface area contributed by atoms with Crippen LogP contribution >= 0.6 is 0 Å². The molecule has 0 aromatic heterocycles. The minimum atomic E-state index is 0.752. The van der Waals surface area contributed by atoms with Crippen LogP contribution in [0, 0.1) is 13.8 Å². The maximum Gasteiger partial charge on any atom is -0.00117 e. The van der Waals surface area contributed by atoms with Gasteiger partial charge in [-0.25, -0.2) is 0 Å². The number of rotatable bonds is 4. The second-order valence-electron chi connectivity index (χ2n) is 4.03. The molecule has 0 spiro atoms. The third-order valence-electron chi connectivity index (χ3n) is 2.81. The van der Waals surface area contributed by atoms with Crippen molar-refractivity contribution >= 4 is 5.57 Å². The molecule has 0 bridgehead atoms. The molecule has 0 aliphatic heterocycles. The van der Waals surface area contributed by atoms with E-state index < -0.39 is 0 Å². The molecule has 1 heteroatoms. The van der Waals surface area contributed by atoms with Gasteiger partial charge in [0.15, 0.2) is 0 Å². The number of benzene rings is 1. The lowest BCUT2D eigenvalue weighted by Gasteiger charge is -2.09. The van der Waals surface area contributed by atoms with Crippen molar-refractivity contribution in [2.45, 2.75) is 20.3 Å². The van der Waals surface area contributed by atoms with Crippen molar-refractivity contribution < 1.29 is 0 Å². The first kappa shape index (κ1) is 12.3. The first-order chi connectivity index (χ1) is 7.58. The van der Waals surface area contributed by atoms with Crippen LogP contribution in [-0.4, -0.2) is 0 Å². The summed E-state index contributed by atoms with van der Waals surface area (Å²) in [4.78, 5) is 0. The van der Waals surface area contributed by atoms with Crippen molar-refractivity contribution in [2.24, 2.45) is 5.73 Å². The summed E-state index contributed by atoms with van der Waals surface area (Å²) in [6.45, 7) is 12.0. The fraction of sp³-hybridized carbons (Fsp3) is 0.200. The van der Waals surface area contributed by atoms with Crippen LogP contribution < -0.4 is 5.73 Å². The van der Waals surface area contributed by atoms with Crippen molar-refractivity contribution in [1.29, 1.82) is 0 Å². The van der Waals surface area contributed by atoms with Gasteiger partial charge >= 0.3 is 0 Å². The number of nitrogens with two attached hydrogens (primary N) is 1. The van der Waals surface area contributed by atoms with Gasteiger partial charge in [0.25, 0.3) is 0 Å². The number of hydrogen-bond acceptors (Lipinski definition) is 1. The van der Waals surface area contributed by atoms with E-state index >= 15 is 0 Å². The summed E-state index contributed by atoms with van der Waals surface area (Å²) < 4.78 is 0. The van der Waals surface area contributed by atoms with Gasteiger partial charge in [-0.15, -0.1) is 0 Å². The quantitative estimate of drug-likeness (QED) is 0.758. The molecule has 1 aromatic rings. The number of allylic oxidation sites excluding steroid dienone is 3. The second kappa shape index (κ2) is 5.36. The van der Waals surface area contributed by atoms with Gasteiger partial charge in [-0.3, -0.25) is 0 Å². The lowest BCUT2D eigenvalue weighted by atomic mass is 9.97. The Kier molecular flexibility index (Phi) is 4.12. The predicted octanol–water partition coefficient (Wildman–Crippen LogP) is 3.74. The maximum atomic E-state index is 5.49. The van der Waals surface area contributed by atoms with E-state index in [1.807, 2.05) is 0 Å². The largest absolute Gasteiger partial charge is 0.404 e. The average molecular weight is 213 g/mol. The normalized spacial score (nSPS) is 11.2. The third-order valence-corrected chi connectivity index (χ3v) is 2.81. The van der Waals surface area contributed by atoms with Crippen LogP contribution in [0.4, 0.5) is 0 Å². The van der Waals surface area contributed by atoms with Crippen LogP contribution in [-0.2, 0) is 0 Å². The van der Waals surface area contributed by atoms with Crippen LogP contribution in [0.5, 0.6) is 0 Å².